The summed E-state index contributed by atoms with van der Waals surface area (Å²) in [6.45, 7) is -0.0857. The maximum atomic E-state index is 14.0. The molecule has 0 saturated carbocycles. The van der Waals surface area contributed by atoms with E-state index in [9.17, 15) is 37.8 Å². The molecule has 0 bridgehead atoms. The predicted molar refractivity (Wildman–Crippen MR) is 124 cm³/mol. The summed E-state index contributed by atoms with van der Waals surface area (Å²) in [6, 6.07) is 4.73. The molecule has 0 spiro atoms. The average Bonchev–Trinajstić information content (AvgIpc) is 2.81. The van der Waals surface area contributed by atoms with Gasteiger partial charge in [-0.2, -0.15) is 0 Å². The fourth-order valence-corrected chi connectivity index (χ4v) is 4.12. The van der Waals surface area contributed by atoms with Crippen molar-refractivity contribution in [1.82, 2.24) is 15.3 Å². The molecular formula is C22H18ClF7N4O2S. The fraction of sp³-hybridized carbons (Fsp3) is 0.182. The summed E-state index contributed by atoms with van der Waals surface area (Å²) < 4.78 is 93.1. The Morgan fingerprint density at radius 2 is 1.62 bits per heavy atom. The number of rotatable bonds is 9. The zero-order valence-corrected chi connectivity index (χ0v) is 20.1. The van der Waals surface area contributed by atoms with E-state index >= 15 is 0 Å². The molecule has 2 atom stereocenters. The highest BCUT2D eigenvalue weighted by Gasteiger charge is 2.65. The normalized spacial score (nSPS) is 15.1. The molecular weight excluding hydrogens is 553 g/mol. The highest BCUT2D eigenvalue weighted by Crippen LogP contribution is 3.02. The van der Waals surface area contributed by atoms with E-state index in [-0.39, 0.29) is 30.7 Å². The van der Waals surface area contributed by atoms with Crippen LogP contribution in [-0.2, 0) is 16.0 Å². The molecule has 3 rings (SSSR count). The Labute approximate surface area is 211 Å². The van der Waals surface area contributed by atoms with Crippen molar-refractivity contribution in [3.63, 3.8) is 0 Å². The quantitative estimate of drug-likeness (QED) is 0.244. The van der Waals surface area contributed by atoms with Gasteiger partial charge in [-0.3, -0.25) is 14.5 Å². The van der Waals surface area contributed by atoms with Gasteiger partial charge in [0, 0.05) is 30.2 Å². The Hall–Kier alpha value is -3.39. The first-order valence-electron chi connectivity index (χ1n) is 10.3. The number of carbonyl (C=O) groups excluding carboxylic acids is 2. The van der Waals surface area contributed by atoms with Crippen LogP contribution in [0.5, 0.6) is 0 Å². The number of hydrogen-bond acceptors (Lipinski definition) is 4. The number of aromatic nitrogens is 2. The van der Waals surface area contributed by atoms with Crippen molar-refractivity contribution >= 4 is 39.3 Å². The number of hydrogen-bond donors (Lipinski definition) is 1. The maximum Gasteiger partial charge on any atom is 0.310 e. The van der Waals surface area contributed by atoms with Crippen molar-refractivity contribution in [3.05, 3.63) is 84.2 Å². The molecule has 1 N–H and O–H groups in total. The third kappa shape index (κ3) is 7.32. The highest BCUT2D eigenvalue weighted by molar-refractivity contribution is 8.45. The number of alkyl halides is 2. The van der Waals surface area contributed by atoms with Crippen molar-refractivity contribution in [2.75, 3.05) is 11.4 Å². The van der Waals surface area contributed by atoms with Gasteiger partial charge < -0.3 is 5.32 Å². The van der Waals surface area contributed by atoms with Crippen molar-refractivity contribution in [3.8, 4) is 0 Å². The molecule has 1 heterocycles. The van der Waals surface area contributed by atoms with Crippen molar-refractivity contribution in [1.29, 1.82) is 0 Å². The molecule has 15 heteroatoms. The molecule has 0 aliphatic rings. The van der Waals surface area contributed by atoms with Crippen LogP contribution >= 0.6 is 21.8 Å². The molecule has 0 fully saturated rings. The number of nitrogens with one attached hydrogen (secondary N) is 1. The van der Waals surface area contributed by atoms with Crippen molar-refractivity contribution < 1.29 is 37.8 Å². The second kappa shape index (κ2) is 9.82. The van der Waals surface area contributed by atoms with Gasteiger partial charge in [-0.15, -0.1) is 0 Å². The Morgan fingerprint density at radius 1 is 1.00 bits per heavy atom. The molecule has 3 aromatic rings. The second-order valence-corrected chi connectivity index (χ2v) is 10.5. The third-order valence-electron chi connectivity index (χ3n) is 4.99. The van der Waals surface area contributed by atoms with E-state index < -0.39 is 50.1 Å². The summed E-state index contributed by atoms with van der Waals surface area (Å²) >= 11 is 5.31. The molecule has 6 nitrogen and oxygen atoms in total. The first-order valence-corrected chi connectivity index (χ1v) is 12.7. The Kier molecular flexibility index (Phi) is 7.48. The molecule has 1 aromatic heterocycles. The van der Waals surface area contributed by atoms with Crippen LogP contribution in [0.2, 0.25) is 0 Å². The minimum atomic E-state index is -10.1. The Morgan fingerprint density at radius 3 is 2.16 bits per heavy atom. The molecule has 0 unspecified atom stereocenters. The minimum absolute atomic E-state index is 0.0129. The van der Waals surface area contributed by atoms with Crippen LogP contribution < -0.4 is 10.2 Å². The SMILES string of the molecule is O=C(NCCc1cccc(F)c1)[C@H](c1cncnc1)N(C(=O)[C@H](F)Cl)c1ccc(S(F)(F)(F)(F)F)cc1. The van der Waals surface area contributed by atoms with E-state index in [0.717, 1.165) is 18.7 Å². The van der Waals surface area contributed by atoms with Gasteiger partial charge in [-0.05, 0) is 48.4 Å². The second-order valence-electron chi connectivity index (χ2n) is 7.72. The van der Waals surface area contributed by atoms with Gasteiger partial charge in [0.25, 0.3) is 11.5 Å². The molecule has 2 amide bonds. The summed E-state index contributed by atoms with van der Waals surface area (Å²) in [5.41, 5.74) is -2.85. The lowest BCUT2D eigenvalue weighted by molar-refractivity contribution is -0.127. The largest absolute Gasteiger partial charge is 0.354 e. The molecule has 200 valence electrons. The number of amides is 2. The van der Waals surface area contributed by atoms with E-state index in [1.165, 1.54) is 18.2 Å². The number of carbonyl (C=O) groups is 2. The lowest BCUT2D eigenvalue weighted by atomic mass is 10.1. The van der Waals surface area contributed by atoms with Crippen LogP contribution in [0.3, 0.4) is 0 Å². The topological polar surface area (TPSA) is 75.2 Å². The van der Waals surface area contributed by atoms with Gasteiger partial charge in [0.05, 0.1) is 0 Å². The molecule has 0 saturated heterocycles. The number of nitrogens with zero attached hydrogens (tertiary/aromatic N) is 3. The molecule has 0 aliphatic heterocycles. The molecule has 0 radical (unpaired) electrons. The summed E-state index contributed by atoms with van der Waals surface area (Å²) in [6.07, 6.45) is 3.41. The van der Waals surface area contributed by atoms with E-state index in [4.69, 9.17) is 11.6 Å². The molecule has 0 aliphatic carbocycles. The van der Waals surface area contributed by atoms with Crippen LogP contribution in [0.25, 0.3) is 0 Å². The fourth-order valence-electron chi connectivity index (χ4n) is 3.36. The smallest absolute Gasteiger partial charge is 0.310 e. The molecule has 2 aromatic carbocycles. The highest BCUT2D eigenvalue weighted by atomic mass is 35.5. The van der Waals surface area contributed by atoms with E-state index in [1.807, 2.05) is 0 Å². The molecule has 37 heavy (non-hydrogen) atoms. The third-order valence-corrected chi connectivity index (χ3v) is 6.34. The zero-order valence-electron chi connectivity index (χ0n) is 18.5. The standard InChI is InChI=1S/C22H18ClF7N4O2S/c23-20(25)22(36)34(17-4-6-18(7-5-17)37(26,27,28,29)30)19(15-11-31-13-32-12-15)21(35)33-9-8-14-2-1-3-16(24)10-14/h1-7,10-13,19-20H,8-9H2,(H,33,35)/t19-,20-/m0/s1. The average molecular weight is 571 g/mol. The Balaban J connectivity index is 1.99. The summed E-state index contributed by atoms with van der Waals surface area (Å²) in [5, 5.41) is 2.47. The summed E-state index contributed by atoms with van der Waals surface area (Å²) in [4.78, 5) is 31.5. The lowest BCUT2D eigenvalue weighted by Crippen LogP contribution is -2.46. The number of anilines is 1. The van der Waals surface area contributed by atoms with Crippen LogP contribution in [0.4, 0.5) is 33.9 Å². The lowest BCUT2D eigenvalue weighted by Gasteiger charge is -2.40. The van der Waals surface area contributed by atoms with Crippen LogP contribution in [0.15, 0.2) is 72.1 Å². The van der Waals surface area contributed by atoms with Gasteiger partial charge in [-0.25, -0.2) is 18.7 Å². The maximum absolute atomic E-state index is 14.0. The van der Waals surface area contributed by atoms with E-state index in [0.29, 0.717) is 22.6 Å². The van der Waals surface area contributed by atoms with E-state index in [1.54, 1.807) is 6.07 Å². The predicted octanol–water partition coefficient (Wildman–Crippen LogP) is 6.24. The number of benzene rings is 2. The Bertz CT molecular complexity index is 1280. The van der Waals surface area contributed by atoms with Gasteiger partial charge in [0.2, 0.25) is 5.91 Å². The monoisotopic (exact) mass is 570 g/mol. The van der Waals surface area contributed by atoms with E-state index in [2.05, 4.69) is 15.3 Å². The van der Waals surface area contributed by atoms with Crippen LogP contribution in [0, 0.1) is 5.82 Å². The first kappa shape index (κ1) is 28.2. The van der Waals surface area contributed by atoms with Gasteiger partial charge in [-0.1, -0.05) is 43.2 Å². The van der Waals surface area contributed by atoms with Crippen LogP contribution in [0.1, 0.15) is 17.2 Å². The summed E-state index contributed by atoms with van der Waals surface area (Å²) in [7, 11) is -10.1. The van der Waals surface area contributed by atoms with Crippen molar-refractivity contribution in [2.24, 2.45) is 0 Å². The van der Waals surface area contributed by atoms with Gasteiger partial charge in [0.15, 0.2) is 0 Å². The van der Waals surface area contributed by atoms with Gasteiger partial charge >= 0.3 is 10.2 Å². The summed E-state index contributed by atoms with van der Waals surface area (Å²) in [5.74, 6) is -3.02. The minimum Gasteiger partial charge on any atom is -0.354 e. The first-order chi connectivity index (χ1) is 17.1. The zero-order chi connectivity index (χ0) is 27.5. The van der Waals surface area contributed by atoms with Crippen molar-refractivity contribution in [2.45, 2.75) is 23.0 Å². The van der Waals surface area contributed by atoms with Gasteiger partial charge in [0.1, 0.15) is 23.1 Å². The number of halogens is 8. The van der Waals surface area contributed by atoms with Crippen LogP contribution in [-0.4, -0.2) is 34.0 Å².